The summed E-state index contributed by atoms with van der Waals surface area (Å²) in [6.45, 7) is 9.31. The minimum Gasteiger partial charge on any atom is -0.354 e. The summed E-state index contributed by atoms with van der Waals surface area (Å²) in [5.41, 5.74) is 1.48. The van der Waals surface area contributed by atoms with Crippen LogP contribution < -0.4 is 10.6 Å². The van der Waals surface area contributed by atoms with Crippen LogP contribution in [0.3, 0.4) is 0 Å². The molecule has 2 atom stereocenters. The van der Waals surface area contributed by atoms with Crippen molar-refractivity contribution in [3.05, 3.63) is 17.5 Å². The molecule has 0 aliphatic carbocycles. The van der Waals surface area contributed by atoms with Crippen LogP contribution in [0.5, 0.6) is 0 Å². The van der Waals surface area contributed by atoms with E-state index in [0.29, 0.717) is 24.7 Å². The molecule has 3 heterocycles. The van der Waals surface area contributed by atoms with Gasteiger partial charge in [0.1, 0.15) is 5.69 Å². The van der Waals surface area contributed by atoms with Gasteiger partial charge in [0, 0.05) is 32.1 Å². The number of amides is 2. The molecule has 0 aromatic carbocycles. The number of rotatable bonds is 4. The Bertz CT molecular complexity index is 691. The number of hydrogen-bond donors (Lipinski definition) is 2. The lowest BCUT2D eigenvalue weighted by molar-refractivity contribution is -0.123. The molecule has 3 rings (SSSR count). The monoisotopic (exact) mass is 411 g/mol. The molecule has 1 aromatic heterocycles. The van der Waals surface area contributed by atoms with Gasteiger partial charge in [-0.25, -0.2) is 0 Å². The number of carbonyl (C=O) groups excluding carboxylic acids is 2. The second kappa shape index (κ2) is 9.27. The molecule has 28 heavy (non-hydrogen) atoms. The van der Waals surface area contributed by atoms with Crippen molar-refractivity contribution in [2.45, 2.75) is 57.9 Å². The van der Waals surface area contributed by atoms with Gasteiger partial charge in [-0.1, -0.05) is 20.8 Å². The maximum Gasteiger partial charge on any atom is 0.272 e. The van der Waals surface area contributed by atoms with E-state index in [4.69, 9.17) is 0 Å². The Hall–Kier alpha value is -1.60. The molecule has 0 saturated carbocycles. The molecule has 2 fully saturated rings. The molecule has 8 heteroatoms. The van der Waals surface area contributed by atoms with E-state index in [0.717, 1.165) is 44.5 Å². The van der Waals surface area contributed by atoms with Crippen LogP contribution in [0.4, 0.5) is 0 Å². The molecule has 2 N–H and O–H groups in total. The first-order valence-electron chi connectivity index (χ1n) is 10.1. The van der Waals surface area contributed by atoms with E-state index in [-0.39, 0.29) is 35.7 Å². The van der Waals surface area contributed by atoms with E-state index in [2.05, 4.69) is 36.5 Å². The van der Waals surface area contributed by atoms with Crippen LogP contribution in [-0.2, 0) is 17.3 Å². The van der Waals surface area contributed by atoms with Crippen LogP contribution in [0, 0.1) is 5.92 Å². The quantitative estimate of drug-likeness (QED) is 0.792. The van der Waals surface area contributed by atoms with E-state index in [1.165, 1.54) is 0 Å². The smallest absolute Gasteiger partial charge is 0.272 e. The molecule has 158 valence electrons. The molecule has 0 spiro atoms. The number of piperidine rings is 1. The summed E-state index contributed by atoms with van der Waals surface area (Å²) in [6.07, 6.45) is 3.99. The summed E-state index contributed by atoms with van der Waals surface area (Å²) >= 11 is 0. The van der Waals surface area contributed by atoms with E-state index >= 15 is 0 Å². The van der Waals surface area contributed by atoms with Gasteiger partial charge in [-0.05, 0) is 44.2 Å². The number of carbonyl (C=O) groups is 2. The van der Waals surface area contributed by atoms with Crippen LogP contribution in [-0.4, -0.2) is 58.7 Å². The number of aryl methyl sites for hydroxylation is 1. The Morgan fingerprint density at radius 3 is 2.64 bits per heavy atom. The number of likely N-dealkylation sites (tertiary alicyclic amines) is 1. The van der Waals surface area contributed by atoms with Crippen molar-refractivity contribution in [2.24, 2.45) is 13.0 Å². The van der Waals surface area contributed by atoms with Crippen LogP contribution in [0.25, 0.3) is 0 Å². The molecule has 0 radical (unpaired) electrons. The summed E-state index contributed by atoms with van der Waals surface area (Å²) in [6, 6.07) is 1.87. The van der Waals surface area contributed by atoms with Gasteiger partial charge in [0.05, 0.1) is 11.7 Å². The third kappa shape index (κ3) is 5.26. The molecule has 7 nitrogen and oxygen atoms in total. The van der Waals surface area contributed by atoms with E-state index in [1.807, 2.05) is 18.0 Å². The van der Waals surface area contributed by atoms with Gasteiger partial charge in [-0.2, -0.15) is 5.10 Å². The number of aromatic nitrogens is 2. The Balaban J connectivity index is 0.00000280. The topological polar surface area (TPSA) is 79.3 Å². The van der Waals surface area contributed by atoms with Crippen LogP contribution in [0.15, 0.2) is 6.07 Å². The van der Waals surface area contributed by atoms with Crippen LogP contribution in [0.1, 0.15) is 62.6 Å². The highest BCUT2D eigenvalue weighted by atomic mass is 35.5. The molecule has 2 amide bonds. The minimum atomic E-state index is -0.0840. The standard InChI is InChI=1S/C20H33N5O2.ClH/c1-20(2,3)17-11-16(24(4)23-17)19(27)25-10-6-7-14(13-25)12-22-18(26)15-8-5-9-21-15;/h11,14-15,21H,5-10,12-13H2,1-4H3,(H,22,26);1H. The molecular weight excluding hydrogens is 378 g/mol. The Kier molecular flexibility index (Phi) is 7.51. The highest BCUT2D eigenvalue weighted by molar-refractivity contribution is 5.92. The van der Waals surface area contributed by atoms with Gasteiger partial charge >= 0.3 is 0 Å². The maximum atomic E-state index is 13.0. The zero-order valence-electron chi connectivity index (χ0n) is 17.5. The lowest BCUT2D eigenvalue weighted by atomic mass is 9.92. The first-order chi connectivity index (χ1) is 12.8. The van der Waals surface area contributed by atoms with Gasteiger partial charge in [0.2, 0.25) is 5.91 Å². The lowest BCUT2D eigenvalue weighted by Crippen LogP contribution is -2.47. The number of hydrogen-bond acceptors (Lipinski definition) is 4. The number of nitrogens with zero attached hydrogens (tertiary/aromatic N) is 3. The predicted octanol–water partition coefficient (Wildman–Crippen LogP) is 1.86. The SMILES string of the molecule is Cl.Cn1nc(C(C)(C)C)cc1C(=O)N1CCCC(CNC(=O)C2CCCN2)C1. The first kappa shape index (κ1) is 22.7. The maximum absolute atomic E-state index is 13.0. The van der Waals surface area contributed by atoms with E-state index < -0.39 is 0 Å². The third-order valence-electron chi connectivity index (χ3n) is 5.62. The highest BCUT2D eigenvalue weighted by Gasteiger charge is 2.29. The summed E-state index contributed by atoms with van der Waals surface area (Å²) in [5, 5.41) is 10.8. The van der Waals surface area contributed by atoms with E-state index in [9.17, 15) is 9.59 Å². The summed E-state index contributed by atoms with van der Waals surface area (Å²) in [5.74, 6) is 0.440. The van der Waals surface area contributed by atoms with Gasteiger partial charge in [-0.15, -0.1) is 12.4 Å². The highest BCUT2D eigenvalue weighted by Crippen LogP contribution is 2.23. The van der Waals surface area contributed by atoms with Crippen LogP contribution in [0.2, 0.25) is 0 Å². The van der Waals surface area contributed by atoms with Crippen molar-refractivity contribution >= 4 is 24.2 Å². The number of halogens is 1. The first-order valence-corrected chi connectivity index (χ1v) is 10.1. The molecule has 0 bridgehead atoms. The Labute approximate surface area is 174 Å². The normalized spacial score (nSPS) is 22.6. The fourth-order valence-corrected chi connectivity index (χ4v) is 3.89. The molecule has 1 aromatic rings. The van der Waals surface area contributed by atoms with Crippen molar-refractivity contribution in [2.75, 3.05) is 26.2 Å². The van der Waals surface area contributed by atoms with Gasteiger partial charge in [0.15, 0.2) is 0 Å². The lowest BCUT2D eigenvalue weighted by Gasteiger charge is -2.33. The zero-order chi connectivity index (χ0) is 19.6. The molecule has 2 aliphatic heterocycles. The molecule has 2 aliphatic rings. The molecule has 2 unspecified atom stereocenters. The van der Waals surface area contributed by atoms with E-state index in [1.54, 1.807) is 4.68 Å². The summed E-state index contributed by atoms with van der Waals surface area (Å²) in [4.78, 5) is 27.1. The third-order valence-corrected chi connectivity index (χ3v) is 5.62. The van der Waals surface area contributed by atoms with Crippen molar-refractivity contribution in [3.63, 3.8) is 0 Å². The second-order valence-electron chi connectivity index (χ2n) is 8.94. The largest absolute Gasteiger partial charge is 0.354 e. The summed E-state index contributed by atoms with van der Waals surface area (Å²) in [7, 11) is 1.83. The number of nitrogens with one attached hydrogen (secondary N) is 2. The average Bonchev–Trinajstić information content (AvgIpc) is 3.28. The fraction of sp³-hybridized carbons (Fsp3) is 0.750. The Morgan fingerprint density at radius 1 is 1.29 bits per heavy atom. The van der Waals surface area contributed by atoms with Crippen molar-refractivity contribution in [3.8, 4) is 0 Å². The minimum absolute atomic E-state index is 0. The van der Waals surface area contributed by atoms with Gasteiger partial charge < -0.3 is 15.5 Å². The fourth-order valence-electron chi connectivity index (χ4n) is 3.89. The Morgan fingerprint density at radius 2 is 2.04 bits per heavy atom. The average molecular weight is 412 g/mol. The second-order valence-corrected chi connectivity index (χ2v) is 8.94. The zero-order valence-corrected chi connectivity index (χ0v) is 18.3. The predicted molar refractivity (Wildman–Crippen MR) is 112 cm³/mol. The molecular formula is C20H34ClN5O2. The van der Waals surface area contributed by atoms with Crippen molar-refractivity contribution in [1.29, 1.82) is 0 Å². The van der Waals surface area contributed by atoms with Crippen molar-refractivity contribution < 1.29 is 9.59 Å². The summed E-state index contributed by atoms with van der Waals surface area (Å²) < 4.78 is 1.69. The molecule has 2 saturated heterocycles. The van der Waals surface area contributed by atoms with Crippen LogP contribution >= 0.6 is 12.4 Å². The van der Waals surface area contributed by atoms with Crippen molar-refractivity contribution in [1.82, 2.24) is 25.3 Å². The van der Waals surface area contributed by atoms with Gasteiger partial charge in [0.25, 0.3) is 5.91 Å². The van der Waals surface area contributed by atoms with Gasteiger partial charge in [-0.3, -0.25) is 14.3 Å².